The van der Waals surface area contributed by atoms with E-state index in [1.165, 1.54) is 0 Å². The fraction of sp³-hybridized carbons (Fsp3) is 0.381. The number of carbonyl (C=O) groups excluding carboxylic acids is 1. The van der Waals surface area contributed by atoms with E-state index in [1.54, 1.807) is 0 Å². The molecule has 1 aromatic carbocycles. The molecule has 0 spiro atoms. The molecule has 4 rings (SSSR count). The van der Waals surface area contributed by atoms with Gasteiger partial charge in [-0.05, 0) is 45.0 Å². The van der Waals surface area contributed by atoms with Gasteiger partial charge in [0.25, 0.3) is 0 Å². The Balaban J connectivity index is 1.76. The maximum absolute atomic E-state index is 12.7. The van der Waals surface area contributed by atoms with Crippen molar-refractivity contribution in [3.63, 3.8) is 0 Å². The summed E-state index contributed by atoms with van der Waals surface area (Å²) in [6.07, 6.45) is 3.24. The number of fused-ring (bicyclic) bond motifs is 4. The number of aromatic nitrogens is 3. The Morgan fingerprint density at radius 2 is 1.96 bits per heavy atom. The average molecular weight is 363 g/mol. The summed E-state index contributed by atoms with van der Waals surface area (Å²) in [5, 5.41) is 8.13. The quantitative estimate of drug-likeness (QED) is 0.717. The summed E-state index contributed by atoms with van der Waals surface area (Å²) in [5.74, 6) is 1.02. The van der Waals surface area contributed by atoms with Gasteiger partial charge in [0.1, 0.15) is 5.82 Å². The van der Waals surface area contributed by atoms with E-state index in [9.17, 15) is 4.79 Å². The summed E-state index contributed by atoms with van der Waals surface area (Å²) in [6.45, 7) is 7.03. The standard InChI is InChI=1S/C21H25N5O/c1-15(2)25-11-4-7-19(27)17-6-3-5-16(13-17)18-14-23-21-9-8-20(22-10-12-25)24-26(18)21/h3,5-6,8-9,13-15H,4,7,10-12H2,1-2H3,(H,22,24). The summed E-state index contributed by atoms with van der Waals surface area (Å²) < 4.78 is 1.84. The number of benzene rings is 1. The van der Waals surface area contributed by atoms with Gasteiger partial charge in [-0.3, -0.25) is 9.69 Å². The highest BCUT2D eigenvalue weighted by atomic mass is 16.1. The van der Waals surface area contributed by atoms with Crippen LogP contribution in [-0.4, -0.2) is 51.0 Å². The van der Waals surface area contributed by atoms with Crippen molar-refractivity contribution in [1.82, 2.24) is 19.5 Å². The first-order valence-electron chi connectivity index (χ1n) is 9.58. The third-order valence-corrected chi connectivity index (χ3v) is 5.13. The number of hydrogen-bond donors (Lipinski definition) is 1. The van der Waals surface area contributed by atoms with Crippen LogP contribution in [0.15, 0.2) is 42.6 Å². The third-order valence-electron chi connectivity index (χ3n) is 5.13. The molecule has 0 saturated carbocycles. The minimum absolute atomic E-state index is 0.191. The number of carbonyl (C=O) groups is 1. The lowest BCUT2D eigenvalue weighted by Crippen LogP contribution is -2.36. The molecule has 3 heterocycles. The maximum atomic E-state index is 12.7. The lowest BCUT2D eigenvalue weighted by Gasteiger charge is -2.26. The van der Waals surface area contributed by atoms with Crippen molar-refractivity contribution < 1.29 is 4.79 Å². The molecular weight excluding hydrogens is 338 g/mol. The zero-order valence-electron chi connectivity index (χ0n) is 15.9. The molecule has 27 heavy (non-hydrogen) atoms. The maximum Gasteiger partial charge on any atom is 0.162 e. The number of Topliss-reactive ketones (excluding diaryl/α,β-unsaturated/α-hetero) is 1. The molecule has 2 aromatic heterocycles. The number of ketones is 1. The van der Waals surface area contributed by atoms with Crippen LogP contribution in [0.1, 0.15) is 37.0 Å². The lowest BCUT2D eigenvalue weighted by molar-refractivity contribution is 0.0972. The monoisotopic (exact) mass is 363 g/mol. The van der Waals surface area contributed by atoms with E-state index in [-0.39, 0.29) is 5.78 Å². The first kappa shape index (κ1) is 17.7. The Labute approximate surface area is 159 Å². The van der Waals surface area contributed by atoms with Gasteiger partial charge in [-0.15, -0.1) is 5.10 Å². The van der Waals surface area contributed by atoms with Crippen LogP contribution in [0.25, 0.3) is 16.9 Å². The number of nitrogens with one attached hydrogen (secondary N) is 1. The van der Waals surface area contributed by atoms with Gasteiger partial charge in [0, 0.05) is 36.7 Å². The number of nitrogens with zero attached hydrogens (tertiary/aromatic N) is 4. The Hall–Kier alpha value is -2.73. The van der Waals surface area contributed by atoms with Crippen LogP contribution in [0.5, 0.6) is 0 Å². The highest BCUT2D eigenvalue weighted by molar-refractivity contribution is 5.97. The van der Waals surface area contributed by atoms with Gasteiger partial charge in [0.05, 0.1) is 11.9 Å². The van der Waals surface area contributed by atoms with Crippen molar-refractivity contribution in [2.24, 2.45) is 0 Å². The summed E-state index contributed by atoms with van der Waals surface area (Å²) in [5.41, 5.74) is 3.39. The van der Waals surface area contributed by atoms with E-state index in [0.29, 0.717) is 12.5 Å². The molecular formula is C21H25N5O. The van der Waals surface area contributed by atoms with Crippen molar-refractivity contribution in [3.8, 4) is 11.3 Å². The molecule has 140 valence electrons. The van der Waals surface area contributed by atoms with Gasteiger partial charge in [-0.25, -0.2) is 9.50 Å². The van der Waals surface area contributed by atoms with E-state index in [2.05, 4.69) is 29.0 Å². The third kappa shape index (κ3) is 3.71. The van der Waals surface area contributed by atoms with Crippen LogP contribution < -0.4 is 5.32 Å². The van der Waals surface area contributed by atoms with Crippen LogP contribution in [0.3, 0.4) is 0 Å². The topological polar surface area (TPSA) is 62.5 Å². The predicted molar refractivity (Wildman–Crippen MR) is 107 cm³/mol. The van der Waals surface area contributed by atoms with Crippen LogP contribution in [0, 0.1) is 0 Å². The molecule has 0 amide bonds. The van der Waals surface area contributed by atoms with Crippen molar-refractivity contribution >= 4 is 17.2 Å². The van der Waals surface area contributed by atoms with Crippen LogP contribution in [-0.2, 0) is 0 Å². The van der Waals surface area contributed by atoms with Gasteiger partial charge in [0.15, 0.2) is 11.4 Å². The minimum Gasteiger partial charge on any atom is -0.367 e. The Kier molecular flexibility index (Phi) is 4.90. The SMILES string of the molecule is CC(C)N1CCCC(=O)c2cccc(c2)-c2cnc3ccc(nn23)NCC1. The van der Waals surface area contributed by atoms with Crippen molar-refractivity contribution in [2.45, 2.75) is 32.7 Å². The fourth-order valence-corrected chi connectivity index (χ4v) is 3.56. The second-order valence-corrected chi connectivity index (χ2v) is 7.30. The van der Waals surface area contributed by atoms with Gasteiger partial charge in [-0.2, -0.15) is 0 Å². The molecule has 1 aliphatic rings. The first-order chi connectivity index (χ1) is 13.1. The number of anilines is 1. The summed E-state index contributed by atoms with van der Waals surface area (Å²) in [6, 6.07) is 12.1. The van der Waals surface area contributed by atoms with Gasteiger partial charge in [-0.1, -0.05) is 18.2 Å². The second-order valence-electron chi connectivity index (χ2n) is 7.30. The molecule has 0 aliphatic carbocycles. The molecule has 0 unspecified atom stereocenters. The Morgan fingerprint density at radius 1 is 1.11 bits per heavy atom. The van der Waals surface area contributed by atoms with Crippen molar-refractivity contribution in [2.75, 3.05) is 25.0 Å². The van der Waals surface area contributed by atoms with E-state index in [4.69, 9.17) is 5.10 Å². The van der Waals surface area contributed by atoms with Crippen LogP contribution in [0.2, 0.25) is 0 Å². The molecule has 3 aromatic rings. The number of imidazole rings is 1. The second kappa shape index (κ2) is 7.48. The number of rotatable bonds is 1. The van der Waals surface area contributed by atoms with Crippen LogP contribution in [0.4, 0.5) is 5.82 Å². The predicted octanol–water partition coefficient (Wildman–Crippen LogP) is 3.50. The van der Waals surface area contributed by atoms with E-state index in [1.807, 2.05) is 47.1 Å². The molecule has 4 bridgehead atoms. The molecule has 0 radical (unpaired) electrons. The molecule has 6 heteroatoms. The number of hydrogen-bond acceptors (Lipinski definition) is 5. The van der Waals surface area contributed by atoms with E-state index >= 15 is 0 Å². The molecule has 0 fully saturated rings. The van der Waals surface area contributed by atoms with Gasteiger partial charge < -0.3 is 5.32 Å². The summed E-state index contributed by atoms with van der Waals surface area (Å²) in [7, 11) is 0. The van der Waals surface area contributed by atoms with Gasteiger partial charge in [0.2, 0.25) is 0 Å². The summed E-state index contributed by atoms with van der Waals surface area (Å²) in [4.78, 5) is 19.5. The first-order valence-corrected chi connectivity index (χ1v) is 9.58. The highest BCUT2D eigenvalue weighted by Crippen LogP contribution is 2.23. The van der Waals surface area contributed by atoms with E-state index < -0.39 is 0 Å². The fourth-order valence-electron chi connectivity index (χ4n) is 3.56. The average Bonchev–Trinajstić information content (AvgIpc) is 3.09. The van der Waals surface area contributed by atoms with Gasteiger partial charge >= 0.3 is 0 Å². The largest absolute Gasteiger partial charge is 0.367 e. The van der Waals surface area contributed by atoms with Crippen molar-refractivity contribution in [3.05, 3.63) is 48.2 Å². The normalized spacial score (nSPS) is 16.3. The molecule has 0 saturated heterocycles. The minimum atomic E-state index is 0.191. The molecule has 6 nitrogen and oxygen atoms in total. The molecule has 0 atom stereocenters. The highest BCUT2D eigenvalue weighted by Gasteiger charge is 2.14. The summed E-state index contributed by atoms with van der Waals surface area (Å²) >= 11 is 0. The molecule has 1 aliphatic heterocycles. The Bertz CT molecular complexity index is 962. The zero-order chi connectivity index (χ0) is 18.8. The van der Waals surface area contributed by atoms with Crippen LogP contribution >= 0.6 is 0 Å². The Morgan fingerprint density at radius 3 is 2.81 bits per heavy atom. The zero-order valence-corrected chi connectivity index (χ0v) is 15.9. The van der Waals surface area contributed by atoms with Crippen molar-refractivity contribution in [1.29, 1.82) is 0 Å². The van der Waals surface area contributed by atoms with E-state index in [0.717, 1.165) is 54.3 Å². The smallest absolute Gasteiger partial charge is 0.162 e. The molecule has 1 N–H and O–H groups in total. The lowest BCUT2D eigenvalue weighted by atomic mass is 10.0.